The zero-order chi connectivity index (χ0) is 13.4. The molecule has 0 saturated heterocycles. The second-order valence-electron chi connectivity index (χ2n) is 4.81. The summed E-state index contributed by atoms with van der Waals surface area (Å²) in [6, 6.07) is 6.66. The van der Waals surface area contributed by atoms with Gasteiger partial charge in [-0.2, -0.15) is 0 Å². The van der Waals surface area contributed by atoms with Gasteiger partial charge in [-0.25, -0.2) is 9.97 Å². The summed E-state index contributed by atoms with van der Waals surface area (Å²) in [5.74, 6) is 0.718. The Morgan fingerprint density at radius 1 is 1.16 bits per heavy atom. The van der Waals surface area contributed by atoms with E-state index in [9.17, 15) is 0 Å². The van der Waals surface area contributed by atoms with Crippen LogP contribution in [0.4, 0.5) is 5.95 Å². The fourth-order valence-corrected chi connectivity index (χ4v) is 3.20. The van der Waals surface area contributed by atoms with Crippen LogP contribution >= 0.6 is 31.9 Å². The number of hydrogen-bond donors (Lipinski definition) is 1. The predicted octanol–water partition coefficient (Wildman–Crippen LogP) is 3.89. The molecule has 0 spiro atoms. The molecular formula is C14H13Br2N3. The molecule has 1 aliphatic carbocycles. The van der Waals surface area contributed by atoms with Gasteiger partial charge in [-0.05, 0) is 81.0 Å². The molecule has 0 aliphatic heterocycles. The summed E-state index contributed by atoms with van der Waals surface area (Å²) in [7, 11) is 0. The fraction of sp³-hybridized carbons (Fsp3) is 0.286. The van der Waals surface area contributed by atoms with E-state index in [4.69, 9.17) is 0 Å². The quantitative estimate of drug-likeness (QED) is 0.856. The molecule has 0 bridgehead atoms. The lowest BCUT2D eigenvalue weighted by atomic mass is 10.1. The summed E-state index contributed by atoms with van der Waals surface area (Å²) in [5.41, 5.74) is 3.76. The van der Waals surface area contributed by atoms with E-state index in [1.54, 1.807) is 6.20 Å². The SMILES string of the molecule is Cc1ccnc(NC2Cc3cc(Br)c(Br)cc3C2)n1. The van der Waals surface area contributed by atoms with Gasteiger partial charge in [0.05, 0.1) is 0 Å². The van der Waals surface area contributed by atoms with Crippen LogP contribution in [0.2, 0.25) is 0 Å². The number of benzene rings is 1. The third kappa shape index (κ3) is 2.82. The topological polar surface area (TPSA) is 37.8 Å². The Morgan fingerprint density at radius 3 is 2.37 bits per heavy atom. The summed E-state index contributed by atoms with van der Waals surface area (Å²) in [6.45, 7) is 1.98. The molecule has 0 saturated carbocycles. The van der Waals surface area contributed by atoms with Crippen molar-refractivity contribution in [2.24, 2.45) is 0 Å². The van der Waals surface area contributed by atoms with Crippen molar-refractivity contribution in [2.75, 3.05) is 5.32 Å². The zero-order valence-corrected chi connectivity index (χ0v) is 13.6. The number of aromatic nitrogens is 2. The first-order valence-corrected chi connectivity index (χ1v) is 7.73. The van der Waals surface area contributed by atoms with Crippen molar-refractivity contribution in [3.8, 4) is 0 Å². The van der Waals surface area contributed by atoms with Gasteiger partial charge in [0.25, 0.3) is 0 Å². The van der Waals surface area contributed by atoms with Crippen molar-refractivity contribution in [3.63, 3.8) is 0 Å². The van der Waals surface area contributed by atoms with E-state index in [-0.39, 0.29) is 0 Å². The van der Waals surface area contributed by atoms with Gasteiger partial charge in [-0.15, -0.1) is 0 Å². The van der Waals surface area contributed by atoms with Crippen molar-refractivity contribution in [1.29, 1.82) is 0 Å². The van der Waals surface area contributed by atoms with Crippen LogP contribution in [0.25, 0.3) is 0 Å². The van der Waals surface area contributed by atoms with Crippen LogP contribution in [0.1, 0.15) is 16.8 Å². The molecule has 0 fully saturated rings. The maximum absolute atomic E-state index is 4.39. The molecule has 2 aromatic rings. The van der Waals surface area contributed by atoms with Crippen LogP contribution in [-0.4, -0.2) is 16.0 Å². The lowest BCUT2D eigenvalue weighted by molar-refractivity contribution is 0.760. The third-order valence-electron chi connectivity index (χ3n) is 3.30. The molecule has 1 aliphatic rings. The number of hydrogen-bond acceptors (Lipinski definition) is 3. The highest BCUT2D eigenvalue weighted by Gasteiger charge is 2.23. The van der Waals surface area contributed by atoms with Crippen LogP contribution in [0.3, 0.4) is 0 Å². The molecule has 1 aromatic heterocycles. The van der Waals surface area contributed by atoms with Gasteiger partial charge in [0.1, 0.15) is 0 Å². The van der Waals surface area contributed by atoms with E-state index in [2.05, 4.69) is 59.3 Å². The Bertz CT molecular complexity index is 597. The van der Waals surface area contributed by atoms with Gasteiger partial charge < -0.3 is 5.32 Å². The second kappa shape index (κ2) is 5.21. The molecule has 5 heteroatoms. The van der Waals surface area contributed by atoms with Gasteiger partial charge in [0, 0.05) is 26.9 Å². The van der Waals surface area contributed by atoms with Crippen LogP contribution in [0, 0.1) is 6.92 Å². The predicted molar refractivity (Wildman–Crippen MR) is 83.4 cm³/mol. The number of rotatable bonds is 2. The van der Waals surface area contributed by atoms with Crippen molar-refractivity contribution in [2.45, 2.75) is 25.8 Å². The van der Waals surface area contributed by atoms with Crippen LogP contribution < -0.4 is 5.32 Å². The molecule has 0 atom stereocenters. The van der Waals surface area contributed by atoms with Crippen molar-refractivity contribution >= 4 is 37.8 Å². The minimum absolute atomic E-state index is 0.373. The van der Waals surface area contributed by atoms with Crippen LogP contribution in [-0.2, 0) is 12.8 Å². The average Bonchev–Trinajstić information content (AvgIpc) is 2.71. The normalized spacial score (nSPS) is 14.5. The highest BCUT2D eigenvalue weighted by Crippen LogP contribution is 2.32. The fourth-order valence-electron chi connectivity index (χ4n) is 2.42. The Kier molecular flexibility index (Phi) is 3.58. The lowest BCUT2D eigenvalue weighted by Crippen LogP contribution is -2.21. The number of halogens is 2. The minimum atomic E-state index is 0.373. The number of fused-ring (bicyclic) bond motifs is 1. The molecule has 98 valence electrons. The first-order chi connectivity index (χ1) is 9.11. The van der Waals surface area contributed by atoms with Crippen molar-refractivity contribution in [1.82, 2.24) is 9.97 Å². The van der Waals surface area contributed by atoms with Crippen molar-refractivity contribution in [3.05, 3.63) is 50.2 Å². The average molecular weight is 383 g/mol. The molecule has 1 N–H and O–H groups in total. The van der Waals surface area contributed by atoms with E-state index < -0.39 is 0 Å². The number of nitrogens with zero attached hydrogens (tertiary/aromatic N) is 2. The van der Waals surface area contributed by atoms with E-state index in [1.165, 1.54) is 11.1 Å². The Labute approximate surface area is 129 Å². The number of anilines is 1. The van der Waals surface area contributed by atoms with Gasteiger partial charge >= 0.3 is 0 Å². The molecule has 0 unspecified atom stereocenters. The Hall–Kier alpha value is -0.940. The molecule has 19 heavy (non-hydrogen) atoms. The summed E-state index contributed by atoms with van der Waals surface area (Å²) < 4.78 is 2.22. The van der Waals surface area contributed by atoms with Crippen LogP contribution in [0.5, 0.6) is 0 Å². The second-order valence-corrected chi connectivity index (χ2v) is 6.51. The smallest absolute Gasteiger partial charge is 0.223 e. The lowest BCUT2D eigenvalue weighted by Gasteiger charge is -2.11. The van der Waals surface area contributed by atoms with E-state index in [0.717, 1.165) is 33.4 Å². The number of aryl methyl sites for hydroxylation is 1. The van der Waals surface area contributed by atoms with Gasteiger partial charge in [0.2, 0.25) is 5.95 Å². The maximum atomic E-state index is 4.39. The molecule has 0 amide bonds. The van der Waals surface area contributed by atoms with Gasteiger partial charge in [-0.3, -0.25) is 0 Å². The number of nitrogens with one attached hydrogen (secondary N) is 1. The summed E-state index contributed by atoms with van der Waals surface area (Å²) >= 11 is 7.11. The molecular weight excluding hydrogens is 370 g/mol. The zero-order valence-electron chi connectivity index (χ0n) is 10.5. The monoisotopic (exact) mass is 381 g/mol. The van der Waals surface area contributed by atoms with Gasteiger partial charge in [0.15, 0.2) is 0 Å². The third-order valence-corrected chi connectivity index (χ3v) is 5.15. The first-order valence-electron chi connectivity index (χ1n) is 6.15. The minimum Gasteiger partial charge on any atom is -0.351 e. The van der Waals surface area contributed by atoms with E-state index in [1.807, 2.05) is 13.0 Å². The van der Waals surface area contributed by atoms with Crippen molar-refractivity contribution < 1.29 is 0 Å². The standard InChI is InChI=1S/C14H13Br2N3/c1-8-2-3-17-14(18-8)19-11-4-9-6-12(15)13(16)7-10(9)5-11/h2-3,6-7,11H,4-5H2,1H3,(H,17,18,19). The molecule has 0 radical (unpaired) electrons. The van der Waals surface area contributed by atoms with Crippen LogP contribution in [0.15, 0.2) is 33.3 Å². The summed E-state index contributed by atoms with van der Waals surface area (Å²) in [5, 5.41) is 3.41. The molecule has 3 rings (SSSR count). The first kappa shape index (κ1) is 13.1. The molecule has 1 aromatic carbocycles. The maximum Gasteiger partial charge on any atom is 0.223 e. The van der Waals surface area contributed by atoms with E-state index >= 15 is 0 Å². The summed E-state index contributed by atoms with van der Waals surface area (Å²) in [6.07, 6.45) is 3.82. The highest BCUT2D eigenvalue weighted by molar-refractivity contribution is 9.13. The van der Waals surface area contributed by atoms with E-state index in [0.29, 0.717) is 6.04 Å². The Balaban J connectivity index is 1.77. The largest absolute Gasteiger partial charge is 0.351 e. The van der Waals surface area contributed by atoms with Gasteiger partial charge in [-0.1, -0.05) is 0 Å². The highest BCUT2D eigenvalue weighted by atomic mass is 79.9. The summed E-state index contributed by atoms with van der Waals surface area (Å²) in [4.78, 5) is 8.65. The Morgan fingerprint density at radius 2 is 1.79 bits per heavy atom. The molecule has 1 heterocycles. The molecule has 3 nitrogen and oxygen atoms in total.